The number of hydrogen-bond donors (Lipinski definition) is 2. The zero-order chi connectivity index (χ0) is 13.1. The lowest BCUT2D eigenvalue weighted by Crippen LogP contribution is -2.47. The highest BCUT2D eigenvalue weighted by Gasteiger charge is 2.18. The van der Waals surface area contributed by atoms with E-state index < -0.39 is 0 Å². The third-order valence-electron chi connectivity index (χ3n) is 3.98. The largest absolute Gasteiger partial charge is 0.385 e. The van der Waals surface area contributed by atoms with Crippen molar-refractivity contribution in [2.24, 2.45) is 0 Å². The molecular formula is C15H21N3O. The van der Waals surface area contributed by atoms with Crippen molar-refractivity contribution in [1.82, 2.24) is 10.2 Å². The average Bonchev–Trinajstić information content (AvgIpc) is 2.46. The molecule has 1 fully saturated rings. The van der Waals surface area contributed by atoms with Gasteiger partial charge in [0, 0.05) is 31.9 Å². The van der Waals surface area contributed by atoms with Crippen LogP contribution in [0.15, 0.2) is 18.2 Å². The second-order valence-electron chi connectivity index (χ2n) is 5.30. The maximum Gasteiger partial charge on any atom is 0.317 e. The summed E-state index contributed by atoms with van der Waals surface area (Å²) in [5.41, 5.74) is 4.08. The molecule has 1 saturated heterocycles. The van der Waals surface area contributed by atoms with E-state index in [1.165, 1.54) is 29.7 Å². The fourth-order valence-electron chi connectivity index (χ4n) is 2.94. The minimum atomic E-state index is 0.0870. The fourth-order valence-corrected chi connectivity index (χ4v) is 2.94. The lowest BCUT2D eigenvalue weighted by Gasteiger charge is -2.28. The quantitative estimate of drug-likeness (QED) is 0.872. The topological polar surface area (TPSA) is 44.4 Å². The first-order chi connectivity index (χ1) is 9.34. The molecule has 19 heavy (non-hydrogen) atoms. The molecule has 2 N–H and O–H groups in total. The van der Waals surface area contributed by atoms with Gasteiger partial charge >= 0.3 is 6.03 Å². The van der Waals surface area contributed by atoms with Gasteiger partial charge in [0.15, 0.2) is 0 Å². The molecule has 1 aromatic rings. The van der Waals surface area contributed by atoms with E-state index in [4.69, 9.17) is 0 Å². The number of carbonyl (C=O) groups excluding carboxylic acids is 1. The molecule has 0 spiro atoms. The number of hydrogen-bond acceptors (Lipinski definition) is 2. The highest BCUT2D eigenvalue weighted by Crippen LogP contribution is 2.26. The summed E-state index contributed by atoms with van der Waals surface area (Å²) in [4.78, 5) is 13.6. The number of nitrogens with zero attached hydrogens (tertiary/aromatic N) is 1. The van der Waals surface area contributed by atoms with Crippen LogP contribution in [-0.4, -0.2) is 37.1 Å². The second-order valence-corrected chi connectivity index (χ2v) is 5.30. The van der Waals surface area contributed by atoms with Crippen molar-refractivity contribution in [3.05, 3.63) is 29.3 Å². The summed E-state index contributed by atoms with van der Waals surface area (Å²) in [5, 5.41) is 6.41. The van der Waals surface area contributed by atoms with Gasteiger partial charge in [0.1, 0.15) is 0 Å². The Labute approximate surface area is 114 Å². The Morgan fingerprint density at radius 2 is 2.05 bits per heavy atom. The SMILES string of the molecule is O=C1NCCCN1CCc1cccc2c1NCCC2. The zero-order valence-corrected chi connectivity index (χ0v) is 11.2. The van der Waals surface area contributed by atoms with Crippen LogP contribution < -0.4 is 10.6 Å². The molecule has 4 heteroatoms. The summed E-state index contributed by atoms with van der Waals surface area (Å²) >= 11 is 0. The molecule has 2 aliphatic heterocycles. The minimum absolute atomic E-state index is 0.0870. The summed E-state index contributed by atoms with van der Waals surface area (Å²) in [5.74, 6) is 0. The van der Waals surface area contributed by atoms with Crippen LogP contribution in [-0.2, 0) is 12.8 Å². The maximum absolute atomic E-state index is 11.7. The Morgan fingerprint density at radius 3 is 2.95 bits per heavy atom. The third-order valence-corrected chi connectivity index (χ3v) is 3.98. The Morgan fingerprint density at radius 1 is 1.16 bits per heavy atom. The summed E-state index contributed by atoms with van der Waals surface area (Å²) < 4.78 is 0. The van der Waals surface area contributed by atoms with Gasteiger partial charge < -0.3 is 15.5 Å². The Kier molecular flexibility index (Phi) is 3.58. The number of urea groups is 1. The van der Waals surface area contributed by atoms with Gasteiger partial charge in [-0.15, -0.1) is 0 Å². The first kappa shape index (κ1) is 12.3. The van der Waals surface area contributed by atoms with Gasteiger partial charge in [-0.2, -0.15) is 0 Å². The van der Waals surface area contributed by atoms with Crippen LogP contribution in [0.3, 0.4) is 0 Å². The maximum atomic E-state index is 11.7. The van der Waals surface area contributed by atoms with Crippen LogP contribution in [0.4, 0.5) is 10.5 Å². The van der Waals surface area contributed by atoms with Gasteiger partial charge in [0.2, 0.25) is 0 Å². The smallest absolute Gasteiger partial charge is 0.317 e. The first-order valence-electron chi connectivity index (χ1n) is 7.22. The number of fused-ring (bicyclic) bond motifs is 1. The summed E-state index contributed by atoms with van der Waals surface area (Å²) in [7, 11) is 0. The van der Waals surface area contributed by atoms with Crippen LogP contribution >= 0.6 is 0 Å². The molecule has 3 rings (SSSR count). The van der Waals surface area contributed by atoms with Gasteiger partial charge in [0.05, 0.1) is 0 Å². The minimum Gasteiger partial charge on any atom is -0.385 e. The Balaban J connectivity index is 1.68. The van der Waals surface area contributed by atoms with E-state index in [1.807, 2.05) is 4.90 Å². The van der Waals surface area contributed by atoms with Crippen LogP contribution in [0, 0.1) is 0 Å². The van der Waals surface area contributed by atoms with Gasteiger partial charge in [-0.3, -0.25) is 0 Å². The fraction of sp³-hybridized carbons (Fsp3) is 0.533. The molecule has 1 aromatic carbocycles. The van der Waals surface area contributed by atoms with Gasteiger partial charge in [0.25, 0.3) is 0 Å². The molecule has 0 aromatic heterocycles. The van der Waals surface area contributed by atoms with E-state index in [2.05, 4.69) is 28.8 Å². The number of rotatable bonds is 3. The van der Waals surface area contributed by atoms with Crippen molar-refractivity contribution >= 4 is 11.7 Å². The van der Waals surface area contributed by atoms with Gasteiger partial charge in [-0.05, 0) is 36.8 Å². The summed E-state index contributed by atoms with van der Waals surface area (Å²) in [6.07, 6.45) is 4.37. The van der Waals surface area contributed by atoms with E-state index in [0.717, 1.165) is 39.0 Å². The molecular weight excluding hydrogens is 238 g/mol. The van der Waals surface area contributed by atoms with E-state index in [0.29, 0.717) is 0 Å². The van der Waals surface area contributed by atoms with Crippen LogP contribution in [0.5, 0.6) is 0 Å². The highest BCUT2D eigenvalue weighted by atomic mass is 16.2. The molecule has 0 bridgehead atoms. The average molecular weight is 259 g/mol. The number of carbonyl (C=O) groups is 1. The molecule has 4 nitrogen and oxygen atoms in total. The first-order valence-corrected chi connectivity index (χ1v) is 7.22. The van der Waals surface area contributed by atoms with Crippen molar-refractivity contribution in [3.8, 4) is 0 Å². The molecule has 2 aliphatic rings. The lowest BCUT2D eigenvalue weighted by atomic mass is 9.98. The summed E-state index contributed by atoms with van der Waals surface area (Å²) in [6, 6.07) is 6.61. The van der Waals surface area contributed by atoms with E-state index in [9.17, 15) is 4.79 Å². The zero-order valence-electron chi connectivity index (χ0n) is 11.2. The molecule has 2 heterocycles. The molecule has 0 aliphatic carbocycles. The van der Waals surface area contributed by atoms with Crippen LogP contribution in [0.25, 0.3) is 0 Å². The standard InChI is InChI=1S/C15H21N3O/c19-15-17-9-3-10-18(15)11-7-13-5-1-4-12-6-2-8-16-14(12)13/h1,4-5,16H,2-3,6-11H2,(H,17,19). The van der Waals surface area contributed by atoms with Crippen molar-refractivity contribution in [2.45, 2.75) is 25.7 Å². The number of nitrogens with one attached hydrogen (secondary N) is 2. The molecule has 0 radical (unpaired) electrons. The Hall–Kier alpha value is -1.71. The highest BCUT2D eigenvalue weighted by molar-refractivity contribution is 5.74. The van der Waals surface area contributed by atoms with Crippen LogP contribution in [0.1, 0.15) is 24.0 Å². The number of para-hydroxylation sites is 1. The van der Waals surface area contributed by atoms with E-state index in [1.54, 1.807) is 0 Å². The number of benzene rings is 1. The van der Waals surface area contributed by atoms with Crippen molar-refractivity contribution in [3.63, 3.8) is 0 Å². The number of anilines is 1. The molecule has 0 atom stereocenters. The molecule has 2 amide bonds. The predicted octanol–water partition coefficient (Wildman–Crippen LogP) is 2.00. The van der Waals surface area contributed by atoms with E-state index >= 15 is 0 Å². The van der Waals surface area contributed by atoms with E-state index in [-0.39, 0.29) is 6.03 Å². The normalized spacial score (nSPS) is 18.5. The number of amides is 2. The molecule has 102 valence electrons. The number of aryl methyl sites for hydroxylation is 1. The molecule has 0 saturated carbocycles. The second kappa shape index (κ2) is 5.51. The molecule has 0 unspecified atom stereocenters. The third kappa shape index (κ3) is 2.67. The van der Waals surface area contributed by atoms with Crippen molar-refractivity contribution in [2.75, 3.05) is 31.5 Å². The summed E-state index contributed by atoms with van der Waals surface area (Å²) in [6.45, 7) is 3.57. The Bertz CT molecular complexity index is 472. The van der Waals surface area contributed by atoms with Crippen molar-refractivity contribution in [1.29, 1.82) is 0 Å². The monoisotopic (exact) mass is 259 g/mol. The lowest BCUT2D eigenvalue weighted by molar-refractivity contribution is 0.187. The van der Waals surface area contributed by atoms with Gasteiger partial charge in [-0.25, -0.2) is 4.79 Å². The van der Waals surface area contributed by atoms with Crippen molar-refractivity contribution < 1.29 is 4.79 Å². The van der Waals surface area contributed by atoms with Gasteiger partial charge in [-0.1, -0.05) is 18.2 Å². The predicted molar refractivity (Wildman–Crippen MR) is 76.5 cm³/mol. The van der Waals surface area contributed by atoms with Crippen LogP contribution in [0.2, 0.25) is 0 Å².